The molecule has 8 heteroatoms. The second-order valence-corrected chi connectivity index (χ2v) is 2.99. The highest BCUT2D eigenvalue weighted by atomic mass is 16.3. The van der Waals surface area contributed by atoms with Gasteiger partial charge in [-0.2, -0.15) is 10.2 Å². The third-order valence-electron chi connectivity index (χ3n) is 1.58. The molecule has 0 radical (unpaired) electrons. The number of aliphatic hydroxyl groups is 2. The summed E-state index contributed by atoms with van der Waals surface area (Å²) in [5, 5.41) is 24.4. The molecule has 0 spiro atoms. The highest BCUT2D eigenvalue weighted by Gasteiger charge is 1.92. The van der Waals surface area contributed by atoms with Gasteiger partial charge in [-0.15, -0.1) is 0 Å². The number of nitrogens with zero attached hydrogens (tertiary/aromatic N) is 6. The van der Waals surface area contributed by atoms with Crippen LogP contribution in [0, 0.1) is 0 Å². The van der Waals surface area contributed by atoms with Crippen molar-refractivity contribution in [3.05, 3.63) is 24.3 Å². The molecule has 0 unspecified atom stereocenters. The number of hydrogen-bond acceptors (Lipinski definition) is 6. The van der Waals surface area contributed by atoms with E-state index in [9.17, 15) is 0 Å². The van der Waals surface area contributed by atoms with Crippen LogP contribution >= 0.6 is 0 Å². The van der Waals surface area contributed by atoms with Gasteiger partial charge in [0.1, 0.15) is 25.9 Å². The van der Waals surface area contributed by atoms with Gasteiger partial charge >= 0.3 is 0 Å². The molecule has 2 rings (SSSR count). The van der Waals surface area contributed by atoms with E-state index in [0.29, 0.717) is 11.6 Å². The Morgan fingerprint density at radius 1 is 0.938 bits per heavy atom. The van der Waals surface area contributed by atoms with E-state index in [2.05, 4.69) is 20.2 Å². The molecule has 0 fully saturated rings. The lowest BCUT2D eigenvalue weighted by molar-refractivity contribution is 0.271. The maximum absolute atomic E-state index is 8.41. The fourth-order valence-corrected chi connectivity index (χ4v) is 0.913. The van der Waals surface area contributed by atoms with Crippen LogP contribution in [-0.4, -0.2) is 39.7 Å². The van der Waals surface area contributed by atoms with Crippen molar-refractivity contribution in [1.29, 1.82) is 0 Å². The molecule has 2 N–H and O–H groups in total. The average Bonchev–Trinajstić information content (AvgIpc) is 2.88. The Morgan fingerprint density at radius 2 is 1.31 bits per heavy atom. The fraction of sp³-hybridized carbons (Fsp3) is 0.500. The van der Waals surface area contributed by atoms with Crippen molar-refractivity contribution in [2.45, 2.75) is 13.2 Å². The third-order valence-corrected chi connectivity index (χ3v) is 1.58. The Balaban J connectivity index is 0.000000160. The summed E-state index contributed by atoms with van der Waals surface area (Å²) < 4.78 is 3.09. The normalized spacial score (nSPS) is 9.75. The number of aryl methyl sites for hydroxylation is 2. The third kappa shape index (κ3) is 3.75. The monoisotopic (exact) mass is 226 g/mol. The molecule has 88 valence electrons. The summed E-state index contributed by atoms with van der Waals surface area (Å²) >= 11 is 0. The first-order valence-electron chi connectivity index (χ1n) is 4.56. The first-order valence-corrected chi connectivity index (χ1v) is 4.56. The highest BCUT2D eigenvalue weighted by molar-refractivity contribution is 4.76. The van der Waals surface area contributed by atoms with Crippen LogP contribution < -0.4 is 0 Å². The van der Waals surface area contributed by atoms with Crippen LogP contribution in [0.4, 0.5) is 0 Å². The number of rotatable bonds is 2. The topological polar surface area (TPSA) is 102 Å². The Bertz CT molecular complexity index is 383. The van der Waals surface area contributed by atoms with Crippen LogP contribution in [0.1, 0.15) is 11.6 Å². The van der Waals surface area contributed by atoms with E-state index in [-0.39, 0.29) is 13.2 Å². The van der Waals surface area contributed by atoms with E-state index in [4.69, 9.17) is 10.2 Å². The predicted molar refractivity (Wildman–Crippen MR) is 53.9 cm³/mol. The Labute approximate surface area is 92.2 Å². The lowest BCUT2D eigenvalue weighted by Crippen LogP contribution is -1.90. The van der Waals surface area contributed by atoms with E-state index < -0.39 is 0 Å². The van der Waals surface area contributed by atoms with E-state index in [1.165, 1.54) is 0 Å². The number of aromatic nitrogens is 6. The van der Waals surface area contributed by atoms with Gasteiger partial charge in [0.25, 0.3) is 0 Å². The molecule has 0 bridgehead atoms. The molecule has 2 heterocycles. The van der Waals surface area contributed by atoms with Crippen LogP contribution in [0.15, 0.2) is 12.7 Å². The molecular weight excluding hydrogens is 212 g/mol. The standard InChI is InChI=1S/2C4H7N3O/c2*1-7-3-5-4(2-8)6-7/h2*3,8H,2H2,1H3. The highest BCUT2D eigenvalue weighted by Crippen LogP contribution is 1.84. The molecule has 0 aliphatic carbocycles. The zero-order valence-electron chi connectivity index (χ0n) is 9.15. The van der Waals surface area contributed by atoms with Crippen LogP contribution in [-0.2, 0) is 27.3 Å². The molecule has 0 saturated heterocycles. The second kappa shape index (κ2) is 5.93. The lowest BCUT2D eigenvalue weighted by atomic mass is 10.7. The van der Waals surface area contributed by atoms with Gasteiger partial charge in [0.15, 0.2) is 11.6 Å². The van der Waals surface area contributed by atoms with Crippen molar-refractivity contribution in [3.63, 3.8) is 0 Å². The van der Waals surface area contributed by atoms with Crippen molar-refractivity contribution in [2.24, 2.45) is 14.1 Å². The second-order valence-electron chi connectivity index (χ2n) is 2.99. The Morgan fingerprint density at radius 3 is 1.44 bits per heavy atom. The summed E-state index contributed by atoms with van der Waals surface area (Å²) in [6, 6.07) is 0. The van der Waals surface area contributed by atoms with Crippen molar-refractivity contribution >= 4 is 0 Å². The van der Waals surface area contributed by atoms with E-state index in [1.54, 1.807) is 36.1 Å². The summed E-state index contributed by atoms with van der Waals surface area (Å²) in [6.45, 7) is -0.165. The van der Waals surface area contributed by atoms with Gasteiger partial charge in [-0.05, 0) is 0 Å². The molecular formula is C8H14N6O2. The average molecular weight is 226 g/mol. The molecule has 0 aromatic carbocycles. The molecule has 2 aromatic heterocycles. The maximum Gasteiger partial charge on any atom is 0.175 e. The summed E-state index contributed by atoms with van der Waals surface area (Å²) in [6.07, 6.45) is 3.09. The van der Waals surface area contributed by atoms with Crippen molar-refractivity contribution in [1.82, 2.24) is 29.5 Å². The first kappa shape index (κ1) is 12.3. The van der Waals surface area contributed by atoms with E-state index in [1.807, 2.05) is 0 Å². The molecule has 16 heavy (non-hydrogen) atoms. The zero-order chi connectivity index (χ0) is 12.0. The van der Waals surface area contributed by atoms with Crippen LogP contribution in [0.25, 0.3) is 0 Å². The Hall–Kier alpha value is -1.80. The molecule has 0 atom stereocenters. The molecule has 8 nitrogen and oxygen atoms in total. The SMILES string of the molecule is Cn1cnc(CO)n1.Cn1cnc(CO)n1. The summed E-state index contributed by atoms with van der Waals surface area (Å²) in [5.74, 6) is 0.931. The molecule has 0 saturated carbocycles. The van der Waals surface area contributed by atoms with Crippen LogP contribution in [0.2, 0.25) is 0 Å². The predicted octanol–water partition coefficient (Wildman–Crippen LogP) is -1.39. The Kier molecular flexibility index (Phi) is 4.55. The van der Waals surface area contributed by atoms with Gasteiger partial charge in [-0.3, -0.25) is 9.36 Å². The summed E-state index contributed by atoms with van der Waals surface area (Å²) in [5.41, 5.74) is 0. The van der Waals surface area contributed by atoms with Gasteiger partial charge in [-0.1, -0.05) is 0 Å². The van der Waals surface area contributed by atoms with Gasteiger partial charge in [0.05, 0.1) is 0 Å². The number of aliphatic hydroxyl groups excluding tert-OH is 2. The van der Waals surface area contributed by atoms with E-state index in [0.717, 1.165) is 0 Å². The van der Waals surface area contributed by atoms with Crippen molar-refractivity contribution < 1.29 is 10.2 Å². The van der Waals surface area contributed by atoms with Gasteiger partial charge in [-0.25, -0.2) is 9.97 Å². The largest absolute Gasteiger partial charge is 0.388 e. The minimum atomic E-state index is -0.0825. The minimum Gasteiger partial charge on any atom is -0.388 e. The van der Waals surface area contributed by atoms with Crippen LogP contribution in [0.3, 0.4) is 0 Å². The first-order chi connectivity index (χ1) is 7.65. The smallest absolute Gasteiger partial charge is 0.175 e. The molecule has 0 amide bonds. The van der Waals surface area contributed by atoms with Crippen LogP contribution in [0.5, 0.6) is 0 Å². The van der Waals surface area contributed by atoms with E-state index >= 15 is 0 Å². The quantitative estimate of drug-likeness (QED) is 0.654. The summed E-state index contributed by atoms with van der Waals surface area (Å²) in [7, 11) is 3.51. The molecule has 0 aliphatic heterocycles. The minimum absolute atomic E-state index is 0.0825. The molecule has 2 aromatic rings. The lowest BCUT2D eigenvalue weighted by Gasteiger charge is -1.80. The van der Waals surface area contributed by atoms with Crippen molar-refractivity contribution in [2.75, 3.05) is 0 Å². The van der Waals surface area contributed by atoms with Gasteiger partial charge < -0.3 is 10.2 Å². The summed E-state index contributed by atoms with van der Waals surface area (Å²) in [4.78, 5) is 7.47. The molecule has 0 aliphatic rings. The maximum atomic E-state index is 8.41. The van der Waals surface area contributed by atoms with Crippen molar-refractivity contribution in [3.8, 4) is 0 Å². The zero-order valence-corrected chi connectivity index (χ0v) is 9.15. The van der Waals surface area contributed by atoms with Gasteiger partial charge in [0, 0.05) is 14.1 Å². The number of hydrogen-bond donors (Lipinski definition) is 2. The van der Waals surface area contributed by atoms with Gasteiger partial charge in [0.2, 0.25) is 0 Å². The fourth-order valence-electron chi connectivity index (χ4n) is 0.913.